The van der Waals surface area contributed by atoms with E-state index in [1.807, 2.05) is 24.3 Å². The summed E-state index contributed by atoms with van der Waals surface area (Å²) in [7, 11) is 1.66. The molecule has 4 nitrogen and oxygen atoms in total. The third-order valence-corrected chi connectivity index (χ3v) is 4.26. The molecule has 0 saturated heterocycles. The number of methoxy groups -OCH3 is 1. The summed E-state index contributed by atoms with van der Waals surface area (Å²) in [5.74, 6) is 2.20. The molecule has 0 aliphatic carbocycles. The van der Waals surface area contributed by atoms with Crippen LogP contribution in [0.3, 0.4) is 0 Å². The van der Waals surface area contributed by atoms with Crippen molar-refractivity contribution < 1.29 is 35.8 Å². The van der Waals surface area contributed by atoms with Crippen molar-refractivity contribution in [2.24, 2.45) is 0 Å². The van der Waals surface area contributed by atoms with Gasteiger partial charge >= 0.3 is 0 Å². The van der Waals surface area contributed by atoms with Crippen molar-refractivity contribution in [3.8, 4) is 17.2 Å². The van der Waals surface area contributed by atoms with Crippen LogP contribution in [-0.4, -0.2) is 31.2 Å². The van der Waals surface area contributed by atoms with Gasteiger partial charge < -0.3 is 31.2 Å². The molecular weight excluding hydrogens is 382 g/mol. The van der Waals surface area contributed by atoms with Crippen LogP contribution < -0.4 is 31.2 Å². The Morgan fingerprint density at radius 2 is 1.96 bits per heavy atom. The van der Waals surface area contributed by atoms with Crippen LogP contribution in [0.4, 0.5) is 5.69 Å². The van der Waals surface area contributed by atoms with Crippen LogP contribution in [0.15, 0.2) is 30.3 Å². The summed E-state index contributed by atoms with van der Waals surface area (Å²) < 4.78 is 18.8. The highest BCUT2D eigenvalue weighted by molar-refractivity contribution is 6.30. The van der Waals surface area contributed by atoms with E-state index >= 15 is 0 Å². The second-order valence-corrected chi connectivity index (χ2v) is 5.70. The Balaban J connectivity index is 0.00000156. The number of hydrogen-bond donors (Lipinski definition) is 0. The Morgan fingerprint density at radius 3 is 2.70 bits per heavy atom. The van der Waals surface area contributed by atoms with Gasteiger partial charge in [0.1, 0.15) is 0 Å². The Labute approximate surface area is 150 Å². The van der Waals surface area contributed by atoms with Crippen LogP contribution >= 0.6 is 11.6 Å². The van der Waals surface area contributed by atoms with E-state index in [0.717, 1.165) is 40.7 Å². The lowest BCUT2D eigenvalue weighted by atomic mass is 9.99. The van der Waals surface area contributed by atoms with Gasteiger partial charge in [-0.3, -0.25) is 0 Å². The zero-order valence-corrected chi connectivity index (χ0v) is 14.9. The molecule has 0 spiro atoms. The minimum Gasteiger partial charge on any atom is -1.00 e. The molecule has 0 amide bonds. The molecule has 0 atom stereocenters. The number of nitrogens with zero attached hydrogens (tertiary/aromatic N) is 1. The van der Waals surface area contributed by atoms with Gasteiger partial charge in [-0.25, -0.2) is 0 Å². The van der Waals surface area contributed by atoms with Crippen LogP contribution in [0.1, 0.15) is 11.1 Å². The molecule has 6 heteroatoms. The smallest absolute Gasteiger partial charge is 0.231 e. The predicted molar refractivity (Wildman–Crippen MR) is 84.2 cm³/mol. The average molecular weight is 397 g/mol. The number of rotatable bonds is 2. The molecule has 0 N–H and O–H groups in total. The summed E-state index contributed by atoms with van der Waals surface area (Å²) in [5, 5.41) is 0.738. The molecule has 2 aliphatic rings. The van der Waals surface area contributed by atoms with Crippen LogP contribution in [0.5, 0.6) is 17.2 Å². The first-order valence-corrected chi connectivity index (χ1v) is 7.50. The fourth-order valence-corrected chi connectivity index (χ4v) is 3.05. The molecule has 0 bridgehead atoms. The predicted octanol–water partition coefficient (Wildman–Crippen LogP) is 0.400. The number of fused-ring (bicyclic) bond motifs is 2. The maximum Gasteiger partial charge on any atom is 0.231 e. The minimum atomic E-state index is 0. The first-order valence-electron chi connectivity index (χ1n) is 7.13. The highest BCUT2D eigenvalue weighted by Gasteiger charge is 2.29. The zero-order valence-electron chi connectivity index (χ0n) is 12.5. The third kappa shape index (κ3) is 2.79. The van der Waals surface area contributed by atoms with Crippen LogP contribution in [0.2, 0.25) is 5.02 Å². The molecule has 120 valence electrons. The summed E-state index contributed by atoms with van der Waals surface area (Å²) in [6, 6.07) is 9.89. The van der Waals surface area contributed by atoms with E-state index in [9.17, 15) is 0 Å². The summed E-state index contributed by atoms with van der Waals surface area (Å²) in [5.41, 5.74) is 3.37. The average Bonchev–Trinajstić information content (AvgIpc) is 3.01. The second kappa shape index (κ2) is 6.42. The Hall–Kier alpha value is -1.72. The van der Waals surface area contributed by atoms with E-state index in [2.05, 4.69) is 16.9 Å². The molecule has 2 aromatic carbocycles. The fourth-order valence-electron chi connectivity index (χ4n) is 2.93. The van der Waals surface area contributed by atoms with Gasteiger partial charge in [0.15, 0.2) is 24.3 Å². The van der Waals surface area contributed by atoms with Crippen molar-refractivity contribution in [1.82, 2.24) is 0 Å². The Bertz CT molecular complexity index is 774. The lowest BCUT2D eigenvalue weighted by Crippen LogP contribution is -3.00. The lowest BCUT2D eigenvalue weighted by Gasteiger charge is -2.16. The van der Waals surface area contributed by atoms with Gasteiger partial charge in [-0.05, 0) is 23.8 Å². The van der Waals surface area contributed by atoms with Gasteiger partial charge in [0, 0.05) is 23.6 Å². The van der Waals surface area contributed by atoms with E-state index < -0.39 is 0 Å². The molecular formula is C17H15BrClNO3. The summed E-state index contributed by atoms with van der Waals surface area (Å²) >= 11 is 5.96. The molecule has 23 heavy (non-hydrogen) atoms. The molecule has 0 radical (unpaired) electrons. The maximum atomic E-state index is 5.96. The SMILES string of the molecule is COc1c2c(cc3c1OCO3)CC[N+](c1ccc(Cl)cc1)=C2.[Br-]. The van der Waals surface area contributed by atoms with Crippen molar-refractivity contribution in [1.29, 1.82) is 0 Å². The largest absolute Gasteiger partial charge is 1.00 e. The minimum absolute atomic E-state index is 0. The zero-order chi connectivity index (χ0) is 15.1. The van der Waals surface area contributed by atoms with E-state index in [-0.39, 0.29) is 23.8 Å². The van der Waals surface area contributed by atoms with Gasteiger partial charge in [-0.1, -0.05) is 11.6 Å². The number of halogens is 2. The van der Waals surface area contributed by atoms with Gasteiger partial charge in [0.2, 0.25) is 18.2 Å². The highest BCUT2D eigenvalue weighted by Crippen LogP contribution is 2.45. The standard InChI is InChI=1S/C17H15ClNO3.BrH/c1-20-16-14-9-19(13-4-2-12(18)3-5-13)7-6-11(14)8-15-17(16)22-10-21-15;/h2-5,8-9H,6-7,10H2,1H3;1H/q+1;/p-1. The van der Waals surface area contributed by atoms with E-state index in [4.69, 9.17) is 25.8 Å². The summed E-state index contributed by atoms with van der Waals surface area (Å²) in [4.78, 5) is 0. The first kappa shape index (κ1) is 16.1. The summed E-state index contributed by atoms with van der Waals surface area (Å²) in [6.45, 7) is 1.15. The molecule has 2 aliphatic heterocycles. The fraction of sp³-hybridized carbons (Fsp3) is 0.235. The van der Waals surface area contributed by atoms with Crippen molar-refractivity contribution in [2.75, 3.05) is 20.4 Å². The van der Waals surface area contributed by atoms with Crippen LogP contribution in [0, 0.1) is 0 Å². The molecule has 0 aromatic heterocycles. The second-order valence-electron chi connectivity index (χ2n) is 5.27. The normalized spacial score (nSPS) is 14.6. The van der Waals surface area contributed by atoms with Crippen molar-refractivity contribution >= 4 is 23.5 Å². The molecule has 2 heterocycles. The first-order chi connectivity index (χ1) is 10.8. The maximum absolute atomic E-state index is 5.96. The van der Waals surface area contributed by atoms with Crippen molar-refractivity contribution in [3.05, 3.63) is 46.5 Å². The van der Waals surface area contributed by atoms with Gasteiger partial charge in [0.05, 0.1) is 12.7 Å². The van der Waals surface area contributed by atoms with E-state index in [0.29, 0.717) is 5.75 Å². The Morgan fingerprint density at radius 1 is 1.17 bits per heavy atom. The molecule has 4 rings (SSSR count). The molecule has 0 unspecified atom stereocenters. The van der Waals surface area contributed by atoms with E-state index in [1.165, 1.54) is 5.56 Å². The van der Waals surface area contributed by atoms with Crippen LogP contribution in [-0.2, 0) is 6.42 Å². The number of benzene rings is 2. The van der Waals surface area contributed by atoms with Gasteiger partial charge in [0.25, 0.3) is 0 Å². The summed E-state index contributed by atoms with van der Waals surface area (Å²) in [6.07, 6.45) is 3.02. The molecule has 0 saturated carbocycles. The molecule has 2 aromatic rings. The van der Waals surface area contributed by atoms with Crippen LogP contribution in [0.25, 0.3) is 0 Å². The van der Waals surface area contributed by atoms with Crippen molar-refractivity contribution in [2.45, 2.75) is 6.42 Å². The third-order valence-electron chi connectivity index (χ3n) is 4.01. The quantitative estimate of drug-likeness (QED) is 0.689. The monoisotopic (exact) mass is 395 g/mol. The number of hydrogen-bond acceptors (Lipinski definition) is 3. The number of ether oxygens (including phenoxy) is 3. The highest BCUT2D eigenvalue weighted by atomic mass is 79.9. The Kier molecular flexibility index (Phi) is 4.50. The van der Waals surface area contributed by atoms with Gasteiger partial charge in [-0.15, -0.1) is 0 Å². The van der Waals surface area contributed by atoms with Crippen molar-refractivity contribution in [3.63, 3.8) is 0 Å². The van der Waals surface area contributed by atoms with E-state index in [1.54, 1.807) is 7.11 Å². The lowest BCUT2D eigenvalue weighted by molar-refractivity contribution is -0.436. The topological polar surface area (TPSA) is 30.7 Å². The molecule has 0 fully saturated rings. The van der Waals surface area contributed by atoms with Gasteiger partial charge in [-0.2, -0.15) is 4.58 Å².